The number of aliphatic hydroxyl groups is 1. The summed E-state index contributed by atoms with van der Waals surface area (Å²) in [6, 6.07) is 7.80. The van der Waals surface area contributed by atoms with Crippen molar-refractivity contribution in [3.63, 3.8) is 0 Å². The molecule has 0 fully saturated rings. The molecular weight excluding hydrogens is 322 g/mol. The van der Waals surface area contributed by atoms with Crippen LogP contribution in [0, 0.1) is 0 Å². The summed E-state index contributed by atoms with van der Waals surface area (Å²) < 4.78 is 6.21. The van der Waals surface area contributed by atoms with E-state index in [1.807, 2.05) is 36.4 Å². The molecule has 5 heteroatoms. The van der Waals surface area contributed by atoms with Crippen molar-refractivity contribution in [1.82, 2.24) is 4.90 Å². The number of hydrogen-bond acceptors (Lipinski definition) is 3. The van der Waals surface area contributed by atoms with Gasteiger partial charge >= 0.3 is 6.09 Å². The number of benzene rings is 1. The Labute approximate surface area is 128 Å². The molecule has 1 rings (SSSR count). The molecule has 110 valence electrons. The van der Waals surface area contributed by atoms with Crippen LogP contribution in [0.5, 0.6) is 0 Å². The van der Waals surface area contributed by atoms with Crippen molar-refractivity contribution in [2.45, 2.75) is 26.4 Å². The first-order valence-corrected chi connectivity index (χ1v) is 7.12. The highest BCUT2D eigenvalue weighted by Crippen LogP contribution is 2.12. The van der Waals surface area contributed by atoms with E-state index in [4.69, 9.17) is 4.74 Å². The molecule has 0 atom stereocenters. The molecule has 0 radical (unpaired) electrons. The number of carbonyl (C=O) groups is 1. The number of halogens is 1. The van der Waals surface area contributed by atoms with Crippen LogP contribution in [0.25, 0.3) is 6.08 Å². The summed E-state index contributed by atoms with van der Waals surface area (Å²) in [5.74, 6) is 0. The van der Waals surface area contributed by atoms with E-state index < -0.39 is 11.7 Å². The second-order valence-electron chi connectivity index (χ2n) is 5.30. The van der Waals surface area contributed by atoms with Crippen LogP contribution >= 0.6 is 15.9 Å². The van der Waals surface area contributed by atoms with Gasteiger partial charge in [-0.1, -0.05) is 40.2 Å². The van der Waals surface area contributed by atoms with Gasteiger partial charge in [0.2, 0.25) is 0 Å². The molecule has 0 heterocycles. The Kier molecular flexibility index (Phi) is 6.23. The summed E-state index contributed by atoms with van der Waals surface area (Å²) in [4.78, 5) is 13.0. The summed E-state index contributed by atoms with van der Waals surface area (Å²) in [7, 11) is 0. The fraction of sp³-hybridized carbons (Fsp3) is 0.400. The highest BCUT2D eigenvalue weighted by Gasteiger charge is 2.20. The monoisotopic (exact) mass is 341 g/mol. The molecule has 1 aromatic carbocycles. The molecule has 0 spiro atoms. The normalized spacial score (nSPS) is 11.7. The second-order valence-corrected chi connectivity index (χ2v) is 6.21. The van der Waals surface area contributed by atoms with Crippen LogP contribution in [0.3, 0.4) is 0 Å². The van der Waals surface area contributed by atoms with E-state index in [1.165, 1.54) is 4.90 Å². The van der Waals surface area contributed by atoms with Crippen LogP contribution in [0.2, 0.25) is 0 Å². The predicted molar refractivity (Wildman–Crippen MR) is 83.2 cm³/mol. The third kappa shape index (κ3) is 6.21. The highest BCUT2D eigenvalue weighted by atomic mass is 79.9. The van der Waals surface area contributed by atoms with Gasteiger partial charge in [0.15, 0.2) is 0 Å². The lowest BCUT2D eigenvalue weighted by molar-refractivity contribution is 0.00959. The van der Waals surface area contributed by atoms with Crippen LogP contribution < -0.4 is 0 Å². The van der Waals surface area contributed by atoms with Gasteiger partial charge in [-0.3, -0.25) is 4.90 Å². The average Bonchev–Trinajstić information content (AvgIpc) is 2.34. The maximum absolute atomic E-state index is 11.8. The average molecular weight is 342 g/mol. The Bertz CT molecular complexity index is 463. The quantitative estimate of drug-likeness (QED) is 0.850. The van der Waals surface area contributed by atoms with E-state index in [-0.39, 0.29) is 6.73 Å². The van der Waals surface area contributed by atoms with E-state index in [2.05, 4.69) is 15.9 Å². The molecule has 0 aliphatic carbocycles. The van der Waals surface area contributed by atoms with Gasteiger partial charge in [0.05, 0.1) is 0 Å². The first kappa shape index (κ1) is 16.7. The third-order valence-corrected chi connectivity index (χ3v) is 2.86. The van der Waals surface area contributed by atoms with Crippen molar-refractivity contribution in [1.29, 1.82) is 0 Å². The van der Waals surface area contributed by atoms with Gasteiger partial charge in [0.1, 0.15) is 12.3 Å². The smallest absolute Gasteiger partial charge is 0.412 e. The highest BCUT2D eigenvalue weighted by molar-refractivity contribution is 9.10. The Morgan fingerprint density at radius 3 is 2.45 bits per heavy atom. The van der Waals surface area contributed by atoms with Gasteiger partial charge in [-0.05, 0) is 38.5 Å². The lowest BCUT2D eigenvalue weighted by Crippen LogP contribution is -2.37. The van der Waals surface area contributed by atoms with Gasteiger partial charge in [-0.15, -0.1) is 0 Å². The Morgan fingerprint density at radius 1 is 1.35 bits per heavy atom. The largest absolute Gasteiger partial charge is 0.444 e. The molecular formula is C15H20BrNO3. The predicted octanol–water partition coefficient (Wildman–Crippen LogP) is 3.65. The lowest BCUT2D eigenvalue weighted by atomic mass is 10.2. The molecule has 0 saturated heterocycles. The zero-order chi connectivity index (χ0) is 15.2. The van der Waals surface area contributed by atoms with Crippen LogP contribution in [-0.4, -0.2) is 35.0 Å². The lowest BCUT2D eigenvalue weighted by Gasteiger charge is -2.25. The maximum Gasteiger partial charge on any atom is 0.412 e. The van der Waals surface area contributed by atoms with E-state index >= 15 is 0 Å². The SMILES string of the molecule is CC(C)(C)OC(=O)N(CO)C/C=C/c1ccc(Br)cc1. The summed E-state index contributed by atoms with van der Waals surface area (Å²) >= 11 is 3.37. The first-order valence-electron chi connectivity index (χ1n) is 6.33. The van der Waals surface area contributed by atoms with Gasteiger partial charge in [-0.25, -0.2) is 4.79 Å². The summed E-state index contributed by atoms with van der Waals surface area (Å²) in [6.45, 7) is 5.29. The summed E-state index contributed by atoms with van der Waals surface area (Å²) in [6.07, 6.45) is 3.17. The minimum atomic E-state index is -0.570. The van der Waals surface area contributed by atoms with Crippen LogP contribution in [0.4, 0.5) is 4.79 Å². The zero-order valence-corrected chi connectivity index (χ0v) is 13.6. The Morgan fingerprint density at radius 2 is 1.95 bits per heavy atom. The van der Waals surface area contributed by atoms with Crippen molar-refractivity contribution in [2.24, 2.45) is 0 Å². The van der Waals surface area contributed by atoms with Gasteiger partial charge in [0, 0.05) is 11.0 Å². The van der Waals surface area contributed by atoms with E-state index in [9.17, 15) is 9.90 Å². The molecule has 4 nitrogen and oxygen atoms in total. The molecule has 0 bridgehead atoms. The number of aliphatic hydroxyl groups excluding tert-OH is 1. The fourth-order valence-electron chi connectivity index (χ4n) is 1.41. The number of nitrogens with zero attached hydrogens (tertiary/aromatic N) is 1. The molecule has 1 aromatic rings. The van der Waals surface area contributed by atoms with Crippen LogP contribution in [0.1, 0.15) is 26.3 Å². The van der Waals surface area contributed by atoms with E-state index in [1.54, 1.807) is 20.8 Å². The number of carbonyl (C=O) groups excluding carboxylic acids is 1. The van der Waals surface area contributed by atoms with Crippen molar-refractivity contribution in [3.05, 3.63) is 40.4 Å². The zero-order valence-electron chi connectivity index (χ0n) is 12.0. The number of hydrogen-bond donors (Lipinski definition) is 1. The standard InChI is InChI=1S/C15H20BrNO3/c1-15(2,3)20-14(19)17(11-18)10-4-5-12-6-8-13(16)9-7-12/h4-9,18H,10-11H2,1-3H3/b5-4+. The molecule has 20 heavy (non-hydrogen) atoms. The molecule has 0 aromatic heterocycles. The summed E-state index contributed by atoms with van der Waals surface area (Å²) in [5, 5.41) is 9.21. The third-order valence-electron chi connectivity index (χ3n) is 2.33. The molecule has 1 N–H and O–H groups in total. The number of ether oxygens (including phenoxy) is 1. The summed E-state index contributed by atoms with van der Waals surface area (Å²) in [5.41, 5.74) is 0.454. The number of amides is 1. The number of rotatable bonds is 4. The van der Waals surface area contributed by atoms with Crippen LogP contribution in [-0.2, 0) is 4.74 Å². The van der Waals surface area contributed by atoms with Crippen molar-refractivity contribution in [2.75, 3.05) is 13.3 Å². The minimum absolute atomic E-state index is 0.293. The fourth-order valence-corrected chi connectivity index (χ4v) is 1.67. The van der Waals surface area contributed by atoms with E-state index in [0.717, 1.165) is 10.0 Å². The molecule has 0 aliphatic heterocycles. The molecule has 0 unspecified atom stereocenters. The van der Waals surface area contributed by atoms with Gasteiger partial charge in [-0.2, -0.15) is 0 Å². The molecule has 1 amide bonds. The Balaban J connectivity index is 2.56. The second kappa shape index (κ2) is 7.45. The van der Waals surface area contributed by atoms with Gasteiger partial charge < -0.3 is 9.84 Å². The van der Waals surface area contributed by atoms with Crippen molar-refractivity contribution in [3.8, 4) is 0 Å². The maximum atomic E-state index is 11.8. The minimum Gasteiger partial charge on any atom is -0.444 e. The molecule has 0 aliphatic rings. The first-order chi connectivity index (χ1) is 9.31. The van der Waals surface area contributed by atoms with Crippen molar-refractivity contribution < 1.29 is 14.6 Å². The Hall–Kier alpha value is -1.33. The van der Waals surface area contributed by atoms with E-state index in [0.29, 0.717) is 6.54 Å². The topological polar surface area (TPSA) is 49.8 Å². The molecule has 0 saturated carbocycles. The van der Waals surface area contributed by atoms with Crippen LogP contribution in [0.15, 0.2) is 34.8 Å². The van der Waals surface area contributed by atoms with Crippen molar-refractivity contribution >= 4 is 28.1 Å². The van der Waals surface area contributed by atoms with Gasteiger partial charge in [0.25, 0.3) is 0 Å².